The van der Waals surface area contributed by atoms with Crippen LogP contribution in [0.1, 0.15) is 42.6 Å². The molecule has 82 valence electrons. The number of aryl methyl sites for hydroxylation is 1. The van der Waals surface area contributed by atoms with Crippen LogP contribution in [0.3, 0.4) is 0 Å². The number of ketones is 1. The minimum Gasteiger partial charge on any atom is -0.300 e. The summed E-state index contributed by atoms with van der Waals surface area (Å²) in [7, 11) is 0. The van der Waals surface area contributed by atoms with Crippen LogP contribution < -0.4 is 0 Å². The number of hydrogen-bond donors (Lipinski definition) is 0. The lowest BCUT2D eigenvalue weighted by molar-refractivity contribution is -0.118. The molecule has 0 saturated carbocycles. The Morgan fingerprint density at radius 1 is 1.27 bits per heavy atom. The molecule has 0 spiro atoms. The second-order valence-electron chi connectivity index (χ2n) is 3.28. The molecule has 0 bridgehead atoms. The van der Waals surface area contributed by atoms with Crippen LogP contribution >= 0.6 is 0 Å². The highest BCUT2D eigenvalue weighted by Crippen LogP contribution is 1.99. The predicted octanol–water partition coefficient (Wildman–Crippen LogP) is 3.18. The van der Waals surface area contributed by atoms with Gasteiger partial charge in [0.25, 0.3) is 0 Å². The van der Waals surface area contributed by atoms with Crippen molar-refractivity contribution in [1.29, 1.82) is 0 Å². The first-order chi connectivity index (χ1) is 7.13. The minimum absolute atomic E-state index is 0.343. The second-order valence-corrected chi connectivity index (χ2v) is 3.28. The van der Waals surface area contributed by atoms with Gasteiger partial charge in [-0.15, -0.1) is 0 Å². The molecule has 0 saturated heterocycles. The fourth-order valence-electron chi connectivity index (χ4n) is 0.993. The lowest BCUT2D eigenvalue weighted by atomic mass is 10.2. The van der Waals surface area contributed by atoms with Gasteiger partial charge in [-0.3, -0.25) is 9.59 Å². The van der Waals surface area contributed by atoms with Crippen molar-refractivity contribution >= 4 is 12.1 Å². The zero-order chi connectivity index (χ0) is 11.7. The summed E-state index contributed by atoms with van der Waals surface area (Å²) in [5.41, 5.74) is 1.87. The molecular formula is C13H18O2. The summed E-state index contributed by atoms with van der Waals surface area (Å²) in [4.78, 5) is 20.3. The molecule has 0 aliphatic rings. The molecule has 15 heavy (non-hydrogen) atoms. The van der Waals surface area contributed by atoms with Crippen molar-refractivity contribution in [3.05, 3.63) is 35.4 Å². The van der Waals surface area contributed by atoms with Crippen LogP contribution in [0.25, 0.3) is 0 Å². The van der Waals surface area contributed by atoms with Crippen LogP contribution in [0, 0.1) is 6.92 Å². The monoisotopic (exact) mass is 206 g/mol. The topological polar surface area (TPSA) is 34.1 Å². The van der Waals surface area contributed by atoms with E-state index in [4.69, 9.17) is 0 Å². The summed E-state index contributed by atoms with van der Waals surface area (Å²) in [6, 6.07) is 7.49. The summed E-state index contributed by atoms with van der Waals surface area (Å²) < 4.78 is 0. The molecule has 0 radical (unpaired) electrons. The molecule has 0 unspecified atom stereocenters. The Labute approximate surface area is 91.3 Å². The van der Waals surface area contributed by atoms with Crippen LogP contribution in [-0.4, -0.2) is 12.1 Å². The van der Waals surface area contributed by atoms with Crippen molar-refractivity contribution in [3.63, 3.8) is 0 Å². The van der Waals surface area contributed by atoms with Gasteiger partial charge in [-0.1, -0.05) is 37.6 Å². The van der Waals surface area contributed by atoms with Crippen LogP contribution in [-0.2, 0) is 4.79 Å². The fraction of sp³-hybridized carbons (Fsp3) is 0.385. The van der Waals surface area contributed by atoms with Gasteiger partial charge in [-0.25, -0.2) is 0 Å². The van der Waals surface area contributed by atoms with E-state index >= 15 is 0 Å². The zero-order valence-corrected chi connectivity index (χ0v) is 9.62. The third-order valence-electron chi connectivity index (χ3n) is 1.97. The molecule has 2 nitrogen and oxygen atoms in total. The highest BCUT2D eigenvalue weighted by molar-refractivity contribution is 5.77. The van der Waals surface area contributed by atoms with Gasteiger partial charge >= 0.3 is 0 Å². The van der Waals surface area contributed by atoms with E-state index in [1.54, 1.807) is 6.07 Å². The molecular weight excluding hydrogens is 188 g/mol. The first-order valence-electron chi connectivity index (χ1n) is 5.17. The number of rotatable bonds is 3. The first kappa shape index (κ1) is 13.6. The number of Topliss-reactive ketones (excluding diaryl/α,β-unsaturated/α-hetero) is 1. The quantitative estimate of drug-likeness (QED) is 0.712. The number of carbonyl (C=O) groups excluding carboxylic acids is 2. The highest BCUT2D eigenvalue weighted by Gasteiger charge is 1.87. The number of aldehydes is 1. The number of hydrogen-bond acceptors (Lipinski definition) is 2. The Balaban J connectivity index is 0.000000288. The smallest absolute Gasteiger partial charge is 0.150 e. The Hall–Kier alpha value is -1.44. The fourth-order valence-corrected chi connectivity index (χ4v) is 0.993. The normalized spacial score (nSPS) is 8.73. The van der Waals surface area contributed by atoms with E-state index in [9.17, 15) is 9.59 Å². The first-order valence-corrected chi connectivity index (χ1v) is 5.17. The van der Waals surface area contributed by atoms with Crippen LogP contribution in [0.5, 0.6) is 0 Å². The zero-order valence-electron chi connectivity index (χ0n) is 9.62. The lowest BCUT2D eigenvalue weighted by Crippen LogP contribution is -1.88. The molecule has 0 N–H and O–H groups in total. The van der Waals surface area contributed by atoms with Crippen LogP contribution in [0.2, 0.25) is 0 Å². The SMILES string of the molecule is CCC(=O)CC.Cc1cccc(C=O)c1. The highest BCUT2D eigenvalue weighted by atomic mass is 16.1. The maximum Gasteiger partial charge on any atom is 0.150 e. The molecule has 0 fully saturated rings. The molecule has 1 aromatic carbocycles. The van der Waals surface area contributed by atoms with Crippen molar-refractivity contribution in [1.82, 2.24) is 0 Å². The van der Waals surface area contributed by atoms with Crippen molar-refractivity contribution in [2.75, 3.05) is 0 Å². The predicted molar refractivity (Wildman–Crippen MR) is 62.2 cm³/mol. The number of benzene rings is 1. The van der Waals surface area contributed by atoms with E-state index in [2.05, 4.69) is 0 Å². The van der Waals surface area contributed by atoms with Gasteiger partial charge in [0, 0.05) is 18.4 Å². The van der Waals surface area contributed by atoms with Gasteiger partial charge in [-0.2, -0.15) is 0 Å². The van der Waals surface area contributed by atoms with Crippen molar-refractivity contribution < 1.29 is 9.59 Å². The van der Waals surface area contributed by atoms with E-state index < -0.39 is 0 Å². The van der Waals surface area contributed by atoms with Crippen molar-refractivity contribution in [3.8, 4) is 0 Å². The van der Waals surface area contributed by atoms with Gasteiger partial charge in [0.15, 0.2) is 0 Å². The van der Waals surface area contributed by atoms with Crippen LogP contribution in [0.4, 0.5) is 0 Å². The maximum atomic E-state index is 10.2. The Bertz CT molecular complexity index is 310. The van der Waals surface area contributed by atoms with E-state index in [-0.39, 0.29) is 0 Å². The molecule has 0 aliphatic heterocycles. The summed E-state index contributed by atoms with van der Waals surface area (Å²) in [5, 5.41) is 0. The molecule has 2 heteroatoms. The second kappa shape index (κ2) is 7.92. The Morgan fingerprint density at radius 3 is 2.13 bits per heavy atom. The summed E-state index contributed by atoms with van der Waals surface area (Å²) in [6.45, 7) is 5.73. The molecule has 1 rings (SSSR count). The summed E-state index contributed by atoms with van der Waals surface area (Å²) in [5.74, 6) is 0.343. The summed E-state index contributed by atoms with van der Waals surface area (Å²) in [6.07, 6.45) is 2.24. The van der Waals surface area contributed by atoms with E-state index in [1.807, 2.05) is 39.0 Å². The number of carbonyl (C=O) groups is 2. The van der Waals surface area contributed by atoms with Crippen molar-refractivity contribution in [2.45, 2.75) is 33.6 Å². The average molecular weight is 206 g/mol. The molecule has 0 aliphatic carbocycles. The molecule has 1 aromatic rings. The Kier molecular flexibility index (Phi) is 7.16. The van der Waals surface area contributed by atoms with Gasteiger partial charge in [0.05, 0.1) is 0 Å². The largest absolute Gasteiger partial charge is 0.300 e. The molecule has 0 aromatic heterocycles. The molecule has 0 heterocycles. The van der Waals surface area contributed by atoms with E-state index in [1.165, 1.54) is 0 Å². The summed E-state index contributed by atoms with van der Waals surface area (Å²) >= 11 is 0. The Morgan fingerprint density at radius 2 is 1.87 bits per heavy atom. The van der Waals surface area contributed by atoms with Gasteiger partial charge in [-0.05, 0) is 13.0 Å². The lowest BCUT2D eigenvalue weighted by Gasteiger charge is -1.89. The van der Waals surface area contributed by atoms with Crippen molar-refractivity contribution in [2.24, 2.45) is 0 Å². The third-order valence-corrected chi connectivity index (χ3v) is 1.97. The van der Waals surface area contributed by atoms with Gasteiger partial charge in [0.2, 0.25) is 0 Å². The minimum atomic E-state index is 0.343. The van der Waals surface area contributed by atoms with Gasteiger partial charge < -0.3 is 0 Å². The van der Waals surface area contributed by atoms with E-state index in [0.717, 1.165) is 17.4 Å². The van der Waals surface area contributed by atoms with Crippen LogP contribution in [0.15, 0.2) is 24.3 Å². The van der Waals surface area contributed by atoms with E-state index in [0.29, 0.717) is 18.6 Å². The maximum absolute atomic E-state index is 10.2. The standard InChI is InChI=1S/C8H8O.C5H10O/c1-7-3-2-4-8(5-7)6-9;1-3-5(6)4-2/h2-6H,1H3;3-4H2,1-2H3. The van der Waals surface area contributed by atoms with Gasteiger partial charge in [0.1, 0.15) is 12.1 Å². The molecule has 0 amide bonds. The molecule has 0 atom stereocenters. The average Bonchev–Trinajstić information content (AvgIpc) is 2.28. The third kappa shape index (κ3) is 6.61.